The third-order valence-corrected chi connectivity index (χ3v) is 5.45. The second-order valence-electron chi connectivity index (χ2n) is 6.63. The Bertz CT molecular complexity index is 1130. The SMILES string of the molecule is COc1cccc(CNC(=O)CSc2nnc(-c3cccnc3)n2Cc2ccco2)c1. The van der Waals surface area contributed by atoms with E-state index in [1.165, 1.54) is 11.8 Å². The first-order valence-corrected chi connectivity index (χ1v) is 10.6. The molecule has 8 nitrogen and oxygen atoms in total. The highest BCUT2D eigenvalue weighted by molar-refractivity contribution is 7.99. The molecule has 9 heteroatoms. The third-order valence-electron chi connectivity index (χ3n) is 4.49. The second kappa shape index (κ2) is 9.94. The van der Waals surface area contributed by atoms with Crippen LogP contribution in [-0.2, 0) is 17.9 Å². The number of aromatic nitrogens is 4. The Morgan fingerprint density at radius 2 is 2.13 bits per heavy atom. The van der Waals surface area contributed by atoms with Crippen molar-refractivity contribution in [2.45, 2.75) is 18.2 Å². The highest BCUT2D eigenvalue weighted by atomic mass is 32.2. The molecular weight excluding hydrogens is 414 g/mol. The van der Waals surface area contributed by atoms with Crippen LogP contribution in [0, 0.1) is 0 Å². The summed E-state index contributed by atoms with van der Waals surface area (Å²) in [5, 5.41) is 12.2. The Kier molecular flexibility index (Phi) is 6.63. The first kappa shape index (κ1) is 20.7. The molecule has 0 saturated carbocycles. The van der Waals surface area contributed by atoms with E-state index in [9.17, 15) is 4.79 Å². The number of pyridine rings is 1. The van der Waals surface area contributed by atoms with Gasteiger partial charge in [-0.05, 0) is 42.0 Å². The summed E-state index contributed by atoms with van der Waals surface area (Å²) in [5.74, 6) is 2.32. The molecule has 0 spiro atoms. The van der Waals surface area contributed by atoms with E-state index in [2.05, 4.69) is 20.5 Å². The first-order chi connectivity index (χ1) is 15.2. The van der Waals surface area contributed by atoms with Crippen molar-refractivity contribution in [3.8, 4) is 17.1 Å². The average Bonchev–Trinajstić information content (AvgIpc) is 3.47. The van der Waals surface area contributed by atoms with Gasteiger partial charge < -0.3 is 14.5 Å². The van der Waals surface area contributed by atoms with Crippen molar-refractivity contribution in [3.63, 3.8) is 0 Å². The van der Waals surface area contributed by atoms with Gasteiger partial charge in [-0.3, -0.25) is 14.3 Å². The summed E-state index contributed by atoms with van der Waals surface area (Å²) in [5.41, 5.74) is 1.81. The second-order valence-corrected chi connectivity index (χ2v) is 7.57. The van der Waals surface area contributed by atoms with Gasteiger partial charge in [-0.25, -0.2) is 0 Å². The molecule has 1 N–H and O–H groups in total. The van der Waals surface area contributed by atoms with Crippen molar-refractivity contribution in [2.24, 2.45) is 0 Å². The molecular formula is C22H21N5O3S. The van der Waals surface area contributed by atoms with Crippen LogP contribution >= 0.6 is 11.8 Å². The van der Waals surface area contributed by atoms with E-state index in [1.807, 2.05) is 53.1 Å². The molecule has 1 aromatic carbocycles. The number of nitrogens with one attached hydrogen (secondary N) is 1. The van der Waals surface area contributed by atoms with Gasteiger partial charge in [0, 0.05) is 24.5 Å². The summed E-state index contributed by atoms with van der Waals surface area (Å²) >= 11 is 1.33. The van der Waals surface area contributed by atoms with Gasteiger partial charge in [0.2, 0.25) is 5.91 Å². The van der Waals surface area contributed by atoms with Gasteiger partial charge in [0.15, 0.2) is 11.0 Å². The molecule has 0 fully saturated rings. The minimum absolute atomic E-state index is 0.0942. The molecule has 0 aliphatic carbocycles. The Hall–Kier alpha value is -3.59. The molecule has 0 aliphatic heterocycles. The minimum atomic E-state index is -0.0942. The van der Waals surface area contributed by atoms with Crippen molar-refractivity contribution in [1.29, 1.82) is 0 Å². The fourth-order valence-electron chi connectivity index (χ4n) is 2.97. The van der Waals surface area contributed by atoms with Crippen molar-refractivity contribution >= 4 is 17.7 Å². The standard InChI is InChI=1S/C22H21N5O3S/c1-29-18-7-2-5-16(11-18)12-24-20(28)15-31-22-26-25-21(17-6-3-9-23-13-17)27(22)14-19-8-4-10-30-19/h2-11,13H,12,14-15H2,1H3,(H,24,28). The lowest BCUT2D eigenvalue weighted by molar-refractivity contribution is -0.118. The number of hydrogen-bond acceptors (Lipinski definition) is 7. The largest absolute Gasteiger partial charge is 0.497 e. The molecule has 1 amide bonds. The van der Waals surface area contributed by atoms with E-state index in [-0.39, 0.29) is 11.7 Å². The Morgan fingerprint density at radius 3 is 2.90 bits per heavy atom. The Balaban J connectivity index is 1.43. The number of carbonyl (C=O) groups excluding carboxylic acids is 1. The maximum absolute atomic E-state index is 12.4. The van der Waals surface area contributed by atoms with Gasteiger partial charge in [-0.2, -0.15) is 0 Å². The highest BCUT2D eigenvalue weighted by Gasteiger charge is 2.17. The van der Waals surface area contributed by atoms with Crippen LogP contribution in [0.4, 0.5) is 0 Å². The van der Waals surface area contributed by atoms with Gasteiger partial charge >= 0.3 is 0 Å². The molecule has 0 saturated heterocycles. The van der Waals surface area contributed by atoms with Crippen LogP contribution in [0.25, 0.3) is 11.4 Å². The van der Waals surface area contributed by atoms with Crippen LogP contribution in [0.5, 0.6) is 5.75 Å². The number of carbonyl (C=O) groups is 1. The van der Waals surface area contributed by atoms with E-state index < -0.39 is 0 Å². The van der Waals surface area contributed by atoms with Crippen LogP contribution in [0.2, 0.25) is 0 Å². The highest BCUT2D eigenvalue weighted by Crippen LogP contribution is 2.25. The van der Waals surface area contributed by atoms with Crippen molar-refractivity contribution < 1.29 is 13.9 Å². The van der Waals surface area contributed by atoms with Crippen LogP contribution in [-0.4, -0.2) is 38.5 Å². The summed E-state index contributed by atoms with van der Waals surface area (Å²) in [7, 11) is 1.62. The van der Waals surface area contributed by atoms with Crippen LogP contribution in [0.3, 0.4) is 0 Å². The lowest BCUT2D eigenvalue weighted by Crippen LogP contribution is -2.24. The zero-order chi connectivity index (χ0) is 21.5. The fourth-order valence-corrected chi connectivity index (χ4v) is 3.74. The lowest BCUT2D eigenvalue weighted by atomic mass is 10.2. The predicted octanol–water partition coefficient (Wildman–Crippen LogP) is 3.40. The van der Waals surface area contributed by atoms with Gasteiger partial charge in [-0.1, -0.05) is 23.9 Å². The molecule has 0 unspecified atom stereocenters. The van der Waals surface area contributed by atoms with Crippen molar-refractivity contribution in [1.82, 2.24) is 25.1 Å². The number of ether oxygens (including phenoxy) is 1. The zero-order valence-electron chi connectivity index (χ0n) is 16.9. The van der Waals surface area contributed by atoms with Gasteiger partial charge in [-0.15, -0.1) is 10.2 Å². The monoisotopic (exact) mass is 435 g/mol. The van der Waals surface area contributed by atoms with E-state index in [4.69, 9.17) is 9.15 Å². The number of thioether (sulfide) groups is 1. The molecule has 0 bridgehead atoms. The Labute approximate surface area is 183 Å². The van der Waals surface area contributed by atoms with E-state index >= 15 is 0 Å². The summed E-state index contributed by atoms with van der Waals surface area (Å²) in [4.78, 5) is 16.6. The maximum Gasteiger partial charge on any atom is 0.230 e. The quantitative estimate of drug-likeness (QED) is 0.403. The van der Waals surface area contributed by atoms with Crippen molar-refractivity contribution in [3.05, 3.63) is 78.5 Å². The van der Waals surface area contributed by atoms with Crippen LogP contribution in [0.15, 0.2) is 76.8 Å². The first-order valence-electron chi connectivity index (χ1n) is 9.61. The van der Waals surface area contributed by atoms with Crippen molar-refractivity contribution in [2.75, 3.05) is 12.9 Å². The molecule has 3 aromatic heterocycles. The number of furan rings is 1. The van der Waals surface area contributed by atoms with Gasteiger partial charge in [0.25, 0.3) is 0 Å². The lowest BCUT2D eigenvalue weighted by Gasteiger charge is -2.09. The van der Waals surface area contributed by atoms with E-state index in [0.29, 0.717) is 24.1 Å². The molecule has 0 aliphatic rings. The molecule has 158 valence electrons. The van der Waals surface area contributed by atoms with Gasteiger partial charge in [0.1, 0.15) is 11.5 Å². The Morgan fingerprint density at radius 1 is 1.19 bits per heavy atom. The van der Waals surface area contributed by atoms with Crippen LogP contribution < -0.4 is 10.1 Å². The molecule has 0 radical (unpaired) electrons. The molecule has 4 rings (SSSR count). The molecule has 4 aromatic rings. The summed E-state index contributed by atoms with van der Waals surface area (Å²) in [6, 6.07) is 15.1. The maximum atomic E-state index is 12.4. The third kappa shape index (κ3) is 5.32. The number of rotatable bonds is 9. The van der Waals surface area contributed by atoms with E-state index in [0.717, 1.165) is 22.6 Å². The predicted molar refractivity (Wildman–Crippen MR) is 117 cm³/mol. The molecule has 3 heterocycles. The summed E-state index contributed by atoms with van der Waals surface area (Å²) in [6.45, 7) is 0.884. The normalized spacial score (nSPS) is 10.7. The summed E-state index contributed by atoms with van der Waals surface area (Å²) in [6.07, 6.45) is 5.07. The zero-order valence-corrected chi connectivity index (χ0v) is 17.7. The number of amides is 1. The van der Waals surface area contributed by atoms with Gasteiger partial charge in [0.05, 0.1) is 25.7 Å². The number of nitrogens with zero attached hydrogens (tertiary/aromatic N) is 4. The average molecular weight is 436 g/mol. The smallest absolute Gasteiger partial charge is 0.230 e. The number of methoxy groups -OCH3 is 1. The number of benzene rings is 1. The topological polar surface area (TPSA) is 95.1 Å². The molecule has 0 atom stereocenters. The molecule has 31 heavy (non-hydrogen) atoms. The minimum Gasteiger partial charge on any atom is -0.497 e. The van der Waals surface area contributed by atoms with Crippen LogP contribution in [0.1, 0.15) is 11.3 Å². The van der Waals surface area contributed by atoms with E-state index in [1.54, 1.807) is 25.8 Å². The summed E-state index contributed by atoms with van der Waals surface area (Å²) < 4.78 is 12.6. The fraction of sp³-hybridized carbons (Fsp3) is 0.182. The number of hydrogen-bond donors (Lipinski definition) is 1.